The number of pyridine rings is 1. The van der Waals surface area contributed by atoms with Gasteiger partial charge < -0.3 is 9.64 Å². The summed E-state index contributed by atoms with van der Waals surface area (Å²) in [5.41, 5.74) is 1.32. The van der Waals surface area contributed by atoms with Crippen LogP contribution in [0.2, 0.25) is 0 Å². The minimum atomic E-state index is -3.40. The van der Waals surface area contributed by atoms with Crippen molar-refractivity contribution >= 4 is 15.8 Å². The Morgan fingerprint density at radius 2 is 1.79 bits per heavy atom. The minimum absolute atomic E-state index is 0.296. The zero-order valence-electron chi connectivity index (χ0n) is 16.3. The molecular formula is C21H27N3O3S. The van der Waals surface area contributed by atoms with Gasteiger partial charge in [0.15, 0.2) is 0 Å². The van der Waals surface area contributed by atoms with Gasteiger partial charge in [0.25, 0.3) is 0 Å². The minimum Gasteiger partial charge on any atom is -0.497 e. The fourth-order valence-electron chi connectivity index (χ4n) is 4.13. The van der Waals surface area contributed by atoms with Gasteiger partial charge in [0, 0.05) is 32.4 Å². The average Bonchev–Trinajstić information content (AvgIpc) is 3.30. The number of aromatic nitrogens is 1. The van der Waals surface area contributed by atoms with Crippen molar-refractivity contribution in [2.45, 2.75) is 36.5 Å². The summed E-state index contributed by atoms with van der Waals surface area (Å²) in [7, 11) is -1.70. The maximum atomic E-state index is 12.6. The van der Waals surface area contributed by atoms with Gasteiger partial charge in [-0.3, -0.25) is 0 Å². The molecule has 0 radical (unpaired) electrons. The zero-order chi connectivity index (χ0) is 19.6. The van der Waals surface area contributed by atoms with E-state index in [0.29, 0.717) is 23.9 Å². The lowest BCUT2D eigenvalue weighted by Crippen LogP contribution is -2.33. The average molecular weight is 402 g/mol. The predicted octanol–water partition coefficient (Wildman–Crippen LogP) is 3.26. The number of sulfonamides is 1. The number of methoxy groups -OCH3 is 1. The first-order valence-electron chi connectivity index (χ1n) is 9.93. The Hall–Kier alpha value is -2.12. The highest BCUT2D eigenvalue weighted by atomic mass is 32.2. The van der Waals surface area contributed by atoms with E-state index in [1.165, 1.54) is 11.8 Å². The monoisotopic (exact) mass is 401 g/mol. The van der Waals surface area contributed by atoms with E-state index < -0.39 is 10.0 Å². The molecule has 0 amide bonds. The Bertz CT molecular complexity index is 901. The Morgan fingerprint density at radius 1 is 1.04 bits per heavy atom. The molecule has 0 aliphatic carbocycles. The maximum Gasteiger partial charge on any atom is 0.244 e. The third-order valence-corrected chi connectivity index (χ3v) is 7.69. The van der Waals surface area contributed by atoms with Crippen LogP contribution < -0.4 is 9.64 Å². The van der Waals surface area contributed by atoms with E-state index in [0.717, 1.165) is 50.3 Å². The van der Waals surface area contributed by atoms with E-state index in [-0.39, 0.29) is 0 Å². The molecule has 0 saturated carbocycles. The Morgan fingerprint density at radius 3 is 2.43 bits per heavy atom. The third-order valence-electron chi connectivity index (χ3n) is 5.81. The predicted molar refractivity (Wildman–Crippen MR) is 109 cm³/mol. The highest BCUT2D eigenvalue weighted by Gasteiger charge is 2.28. The van der Waals surface area contributed by atoms with E-state index in [1.54, 1.807) is 17.5 Å². The molecule has 1 aromatic carbocycles. The van der Waals surface area contributed by atoms with Crippen molar-refractivity contribution in [3.8, 4) is 5.75 Å². The molecule has 0 spiro atoms. The molecule has 3 heterocycles. The van der Waals surface area contributed by atoms with Crippen molar-refractivity contribution in [3.05, 3.63) is 48.2 Å². The standard InChI is InChI=1S/C21H27N3O3S/c1-27-19-6-4-5-18(15-19)17-9-13-23(14-10-17)21-8-7-20(16-22-21)28(25,26)24-11-2-3-12-24/h4-8,15-17H,2-3,9-14H2,1H3. The van der Waals surface area contributed by atoms with Gasteiger partial charge >= 0.3 is 0 Å². The number of piperidine rings is 1. The summed E-state index contributed by atoms with van der Waals surface area (Å²) in [6.07, 6.45) is 5.47. The largest absolute Gasteiger partial charge is 0.497 e. The van der Waals surface area contributed by atoms with Gasteiger partial charge in [-0.05, 0) is 61.4 Å². The fourth-order valence-corrected chi connectivity index (χ4v) is 5.59. The molecule has 2 aliphatic heterocycles. The second-order valence-corrected chi connectivity index (χ2v) is 9.44. The molecule has 2 saturated heterocycles. The molecule has 2 aromatic rings. The van der Waals surface area contributed by atoms with Crippen LogP contribution in [0.1, 0.15) is 37.2 Å². The van der Waals surface area contributed by atoms with Crippen LogP contribution in [0.5, 0.6) is 5.75 Å². The summed E-state index contributed by atoms with van der Waals surface area (Å²) in [5.74, 6) is 2.27. The molecule has 150 valence electrons. The molecule has 4 rings (SSSR count). The highest BCUT2D eigenvalue weighted by molar-refractivity contribution is 7.89. The van der Waals surface area contributed by atoms with Crippen LogP contribution >= 0.6 is 0 Å². The van der Waals surface area contributed by atoms with Gasteiger partial charge in [-0.2, -0.15) is 4.31 Å². The summed E-state index contributed by atoms with van der Waals surface area (Å²) < 4.78 is 32.2. The molecule has 0 atom stereocenters. The number of benzene rings is 1. The molecule has 6 nitrogen and oxygen atoms in total. The Balaban J connectivity index is 1.41. The van der Waals surface area contributed by atoms with Crippen LogP contribution in [-0.4, -0.2) is 51.0 Å². The number of ether oxygens (including phenoxy) is 1. The summed E-state index contributed by atoms with van der Waals surface area (Å²) in [4.78, 5) is 7.00. The van der Waals surface area contributed by atoms with Crippen molar-refractivity contribution in [2.24, 2.45) is 0 Å². The molecule has 7 heteroatoms. The normalized spacial score (nSPS) is 19.1. The number of hydrogen-bond acceptors (Lipinski definition) is 5. The lowest BCUT2D eigenvalue weighted by atomic mass is 9.89. The van der Waals surface area contributed by atoms with Crippen LogP contribution in [0, 0.1) is 0 Å². The summed E-state index contributed by atoms with van der Waals surface area (Å²) >= 11 is 0. The molecular weight excluding hydrogens is 374 g/mol. The number of anilines is 1. The van der Waals surface area contributed by atoms with Gasteiger partial charge in [0.1, 0.15) is 16.5 Å². The third kappa shape index (κ3) is 3.86. The lowest BCUT2D eigenvalue weighted by Gasteiger charge is -2.33. The Labute approximate surface area is 167 Å². The van der Waals surface area contributed by atoms with Crippen molar-refractivity contribution in [3.63, 3.8) is 0 Å². The molecule has 1 aromatic heterocycles. The second kappa shape index (κ2) is 8.09. The maximum absolute atomic E-state index is 12.6. The molecule has 0 unspecified atom stereocenters. The molecule has 0 N–H and O–H groups in total. The van der Waals surface area contributed by atoms with Gasteiger partial charge in [-0.15, -0.1) is 0 Å². The van der Waals surface area contributed by atoms with Gasteiger partial charge in [0.05, 0.1) is 7.11 Å². The lowest BCUT2D eigenvalue weighted by molar-refractivity contribution is 0.412. The zero-order valence-corrected chi connectivity index (χ0v) is 17.1. The van der Waals surface area contributed by atoms with Crippen molar-refractivity contribution < 1.29 is 13.2 Å². The van der Waals surface area contributed by atoms with Crippen molar-refractivity contribution in [2.75, 3.05) is 38.2 Å². The smallest absolute Gasteiger partial charge is 0.244 e. The van der Waals surface area contributed by atoms with Gasteiger partial charge in [-0.25, -0.2) is 13.4 Å². The SMILES string of the molecule is COc1cccc(C2CCN(c3ccc(S(=O)(=O)N4CCCC4)cn3)CC2)c1. The molecule has 2 fully saturated rings. The summed E-state index contributed by atoms with van der Waals surface area (Å²) in [6.45, 7) is 3.05. The first-order valence-corrected chi connectivity index (χ1v) is 11.4. The highest BCUT2D eigenvalue weighted by Crippen LogP contribution is 2.32. The summed E-state index contributed by atoms with van der Waals surface area (Å²) in [5, 5.41) is 0. The Kier molecular flexibility index (Phi) is 5.55. The number of nitrogens with zero attached hydrogens (tertiary/aromatic N) is 3. The van der Waals surface area contributed by atoms with E-state index in [2.05, 4.69) is 22.0 Å². The van der Waals surface area contributed by atoms with Crippen LogP contribution in [0.25, 0.3) is 0 Å². The van der Waals surface area contributed by atoms with E-state index >= 15 is 0 Å². The topological polar surface area (TPSA) is 62.7 Å². The van der Waals surface area contributed by atoms with Crippen LogP contribution in [0.4, 0.5) is 5.82 Å². The summed E-state index contributed by atoms with van der Waals surface area (Å²) in [6, 6.07) is 11.8. The first-order chi connectivity index (χ1) is 13.6. The fraction of sp³-hybridized carbons (Fsp3) is 0.476. The number of hydrogen-bond donors (Lipinski definition) is 0. The van der Waals surface area contributed by atoms with Crippen LogP contribution in [0.15, 0.2) is 47.5 Å². The number of rotatable bonds is 5. The second-order valence-electron chi connectivity index (χ2n) is 7.50. The van der Waals surface area contributed by atoms with Crippen LogP contribution in [-0.2, 0) is 10.0 Å². The van der Waals surface area contributed by atoms with Gasteiger partial charge in [-0.1, -0.05) is 12.1 Å². The van der Waals surface area contributed by atoms with Crippen molar-refractivity contribution in [1.29, 1.82) is 0 Å². The molecule has 2 aliphatic rings. The van der Waals surface area contributed by atoms with Gasteiger partial charge in [0.2, 0.25) is 10.0 Å². The van der Waals surface area contributed by atoms with Crippen molar-refractivity contribution in [1.82, 2.24) is 9.29 Å². The molecule has 0 bridgehead atoms. The van der Waals surface area contributed by atoms with E-state index in [4.69, 9.17) is 4.74 Å². The quantitative estimate of drug-likeness (QED) is 0.770. The van der Waals surface area contributed by atoms with Crippen LogP contribution in [0.3, 0.4) is 0 Å². The molecule has 28 heavy (non-hydrogen) atoms. The first kappa shape index (κ1) is 19.2. The van der Waals surface area contributed by atoms with E-state index in [1.807, 2.05) is 18.2 Å². The van der Waals surface area contributed by atoms with E-state index in [9.17, 15) is 8.42 Å².